The van der Waals surface area contributed by atoms with E-state index in [1.165, 1.54) is 25.8 Å². The number of rotatable bonds is 5. The second-order valence-corrected chi connectivity index (χ2v) is 7.82. The van der Waals surface area contributed by atoms with E-state index in [4.69, 9.17) is 0 Å². The topological polar surface area (TPSA) is 15.3 Å². The fourth-order valence-corrected chi connectivity index (χ4v) is 3.42. The molecule has 4 atom stereocenters. The first-order valence-corrected chi connectivity index (χ1v) is 8.19. The summed E-state index contributed by atoms with van der Waals surface area (Å²) >= 11 is 0. The van der Waals surface area contributed by atoms with Gasteiger partial charge in [0.25, 0.3) is 0 Å². The van der Waals surface area contributed by atoms with Gasteiger partial charge in [0, 0.05) is 18.6 Å². The third-order valence-electron chi connectivity index (χ3n) is 5.15. The second-order valence-electron chi connectivity index (χ2n) is 7.82. The van der Waals surface area contributed by atoms with Crippen molar-refractivity contribution in [2.75, 3.05) is 20.1 Å². The molecule has 1 N–H and O–H groups in total. The number of nitrogens with one attached hydrogen (secondary N) is 1. The fraction of sp³-hybridized carbons (Fsp3) is 1.00. The average Bonchev–Trinajstić information content (AvgIpc) is 2.30. The van der Waals surface area contributed by atoms with Gasteiger partial charge < -0.3 is 10.2 Å². The summed E-state index contributed by atoms with van der Waals surface area (Å²) in [7, 11) is 2.30. The maximum Gasteiger partial charge on any atom is 0.0112 e. The SMILES string of the molecule is CCNC1CCC(C)CC1CN(C)C(C)C(C)(C)C. The van der Waals surface area contributed by atoms with Crippen molar-refractivity contribution in [3.05, 3.63) is 0 Å². The molecule has 0 aromatic rings. The molecule has 0 aliphatic heterocycles. The van der Waals surface area contributed by atoms with Crippen LogP contribution in [0.2, 0.25) is 0 Å². The molecule has 1 fully saturated rings. The first-order chi connectivity index (χ1) is 8.75. The van der Waals surface area contributed by atoms with Crippen LogP contribution in [0, 0.1) is 17.3 Å². The van der Waals surface area contributed by atoms with Gasteiger partial charge in [-0.25, -0.2) is 0 Å². The fourth-order valence-electron chi connectivity index (χ4n) is 3.42. The van der Waals surface area contributed by atoms with Gasteiger partial charge in [-0.1, -0.05) is 34.6 Å². The molecule has 0 bridgehead atoms. The minimum absolute atomic E-state index is 0.364. The Morgan fingerprint density at radius 1 is 1.26 bits per heavy atom. The maximum atomic E-state index is 3.71. The normalized spacial score (nSPS) is 30.6. The highest BCUT2D eigenvalue weighted by Crippen LogP contribution is 2.31. The summed E-state index contributed by atoms with van der Waals surface area (Å²) in [6, 6.07) is 1.36. The molecule has 114 valence electrons. The van der Waals surface area contributed by atoms with Crippen molar-refractivity contribution in [3.63, 3.8) is 0 Å². The average molecular weight is 268 g/mol. The van der Waals surface area contributed by atoms with E-state index in [1.54, 1.807) is 0 Å². The van der Waals surface area contributed by atoms with Crippen LogP contribution in [0.1, 0.15) is 60.8 Å². The molecule has 1 aliphatic carbocycles. The van der Waals surface area contributed by atoms with Crippen LogP contribution in [0.4, 0.5) is 0 Å². The number of nitrogens with zero attached hydrogens (tertiary/aromatic N) is 1. The third-order valence-corrected chi connectivity index (χ3v) is 5.15. The Hall–Kier alpha value is -0.0800. The lowest BCUT2D eigenvalue weighted by molar-refractivity contribution is 0.0916. The first kappa shape index (κ1) is 17.0. The van der Waals surface area contributed by atoms with Crippen LogP contribution in [-0.4, -0.2) is 37.1 Å². The van der Waals surface area contributed by atoms with Gasteiger partial charge in [-0.2, -0.15) is 0 Å². The van der Waals surface area contributed by atoms with Gasteiger partial charge in [-0.15, -0.1) is 0 Å². The van der Waals surface area contributed by atoms with Crippen LogP contribution in [0.3, 0.4) is 0 Å². The van der Waals surface area contributed by atoms with Crippen molar-refractivity contribution in [2.45, 2.75) is 72.9 Å². The zero-order chi connectivity index (χ0) is 14.6. The highest BCUT2D eigenvalue weighted by atomic mass is 15.1. The molecule has 0 amide bonds. The number of hydrogen-bond acceptors (Lipinski definition) is 2. The Bertz CT molecular complexity index is 256. The molecular weight excluding hydrogens is 232 g/mol. The van der Waals surface area contributed by atoms with Crippen LogP contribution in [0.5, 0.6) is 0 Å². The van der Waals surface area contributed by atoms with E-state index in [-0.39, 0.29) is 0 Å². The van der Waals surface area contributed by atoms with Gasteiger partial charge in [0.1, 0.15) is 0 Å². The predicted octanol–water partition coefficient (Wildman–Crippen LogP) is 3.77. The van der Waals surface area contributed by atoms with Gasteiger partial charge in [-0.3, -0.25) is 0 Å². The molecule has 0 spiro atoms. The molecular formula is C17H36N2. The second kappa shape index (κ2) is 7.08. The maximum absolute atomic E-state index is 3.71. The van der Waals surface area contributed by atoms with E-state index in [9.17, 15) is 0 Å². The highest BCUT2D eigenvalue weighted by Gasteiger charge is 2.31. The van der Waals surface area contributed by atoms with E-state index in [1.807, 2.05) is 0 Å². The zero-order valence-corrected chi connectivity index (χ0v) is 14.3. The van der Waals surface area contributed by atoms with Crippen molar-refractivity contribution in [1.29, 1.82) is 0 Å². The van der Waals surface area contributed by atoms with E-state index >= 15 is 0 Å². The Balaban J connectivity index is 2.60. The van der Waals surface area contributed by atoms with Gasteiger partial charge in [0.2, 0.25) is 0 Å². The van der Waals surface area contributed by atoms with Crippen molar-refractivity contribution >= 4 is 0 Å². The molecule has 0 saturated heterocycles. The summed E-state index contributed by atoms with van der Waals surface area (Å²) in [6.07, 6.45) is 4.14. The Morgan fingerprint density at radius 2 is 1.89 bits per heavy atom. The Kier molecular flexibility index (Phi) is 6.32. The molecule has 1 saturated carbocycles. The Morgan fingerprint density at radius 3 is 2.42 bits per heavy atom. The standard InChI is InChI=1S/C17H36N2/c1-8-18-16-10-9-13(2)11-15(16)12-19(7)14(3)17(4,5)6/h13-16,18H,8-12H2,1-7H3. The minimum Gasteiger partial charge on any atom is -0.314 e. The predicted molar refractivity (Wildman–Crippen MR) is 85.5 cm³/mol. The monoisotopic (exact) mass is 268 g/mol. The lowest BCUT2D eigenvalue weighted by Gasteiger charge is -2.42. The quantitative estimate of drug-likeness (QED) is 0.816. The van der Waals surface area contributed by atoms with E-state index in [0.29, 0.717) is 11.5 Å². The van der Waals surface area contributed by atoms with Crippen molar-refractivity contribution in [1.82, 2.24) is 10.2 Å². The molecule has 2 heteroatoms. The van der Waals surface area contributed by atoms with Gasteiger partial charge in [0.05, 0.1) is 0 Å². The van der Waals surface area contributed by atoms with Crippen LogP contribution < -0.4 is 5.32 Å². The lowest BCUT2D eigenvalue weighted by atomic mass is 9.77. The van der Waals surface area contributed by atoms with Gasteiger partial charge in [-0.05, 0) is 57.0 Å². The summed E-state index contributed by atoms with van der Waals surface area (Å²) < 4.78 is 0. The summed E-state index contributed by atoms with van der Waals surface area (Å²) in [6.45, 7) is 16.4. The minimum atomic E-state index is 0.364. The summed E-state index contributed by atoms with van der Waals surface area (Å²) in [5.41, 5.74) is 0.364. The van der Waals surface area contributed by atoms with Crippen molar-refractivity contribution in [2.24, 2.45) is 17.3 Å². The molecule has 0 aromatic carbocycles. The summed E-state index contributed by atoms with van der Waals surface area (Å²) in [5.74, 6) is 1.72. The Labute approximate surface area is 121 Å². The zero-order valence-electron chi connectivity index (χ0n) is 14.3. The third kappa shape index (κ3) is 5.07. The molecule has 0 heterocycles. The highest BCUT2D eigenvalue weighted by molar-refractivity contribution is 4.87. The molecule has 1 aliphatic rings. The molecule has 19 heavy (non-hydrogen) atoms. The van der Waals surface area contributed by atoms with Crippen molar-refractivity contribution < 1.29 is 0 Å². The van der Waals surface area contributed by atoms with Gasteiger partial charge >= 0.3 is 0 Å². The van der Waals surface area contributed by atoms with Gasteiger partial charge in [0.15, 0.2) is 0 Å². The molecule has 0 radical (unpaired) electrons. The molecule has 0 aromatic heterocycles. The molecule has 4 unspecified atom stereocenters. The van der Waals surface area contributed by atoms with Crippen LogP contribution >= 0.6 is 0 Å². The lowest BCUT2D eigenvalue weighted by Crippen LogP contribution is -2.48. The smallest absolute Gasteiger partial charge is 0.0112 e. The molecule has 1 rings (SSSR count). The largest absolute Gasteiger partial charge is 0.314 e. The number of hydrogen-bond donors (Lipinski definition) is 1. The van der Waals surface area contributed by atoms with Crippen LogP contribution in [0.25, 0.3) is 0 Å². The summed E-state index contributed by atoms with van der Waals surface area (Å²) in [4.78, 5) is 2.58. The first-order valence-electron chi connectivity index (χ1n) is 8.19. The van der Waals surface area contributed by atoms with E-state index in [0.717, 1.165) is 24.4 Å². The molecule has 2 nitrogen and oxygen atoms in total. The van der Waals surface area contributed by atoms with Crippen LogP contribution in [0.15, 0.2) is 0 Å². The van der Waals surface area contributed by atoms with E-state index < -0.39 is 0 Å². The van der Waals surface area contributed by atoms with Crippen molar-refractivity contribution in [3.8, 4) is 0 Å². The summed E-state index contributed by atoms with van der Waals surface area (Å²) in [5, 5.41) is 3.71. The van der Waals surface area contributed by atoms with E-state index in [2.05, 4.69) is 58.8 Å². The van der Waals surface area contributed by atoms with Crippen LogP contribution in [-0.2, 0) is 0 Å².